The van der Waals surface area contributed by atoms with Crippen LogP contribution in [0.2, 0.25) is 0 Å². The molecule has 2 amide bonds. The van der Waals surface area contributed by atoms with Gasteiger partial charge < -0.3 is 15.4 Å². The topological polar surface area (TPSA) is 87.7 Å². The van der Waals surface area contributed by atoms with Gasteiger partial charge in [-0.05, 0) is 31.5 Å². The summed E-state index contributed by atoms with van der Waals surface area (Å²) in [5.41, 5.74) is -0.510. The Morgan fingerprint density at radius 2 is 1.68 bits per heavy atom. The molecular weight excluding hydrogens is 379 g/mol. The van der Waals surface area contributed by atoms with Crippen LogP contribution in [-0.2, 0) is 19.1 Å². The van der Waals surface area contributed by atoms with Gasteiger partial charge in [0.15, 0.2) is 17.5 Å². The van der Waals surface area contributed by atoms with Gasteiger partial charge in [0.05, 0.1) is 25.9 Å². The van der Waals surface area contributed by atoms with Crippen LogP contribution >= 0.6 is 0 Å². The van der Waals surface area contributed by atoms with Gasteiger partial charge >= 0.3 is 5.97 Å². The maximum Gasteiger partial charge on any atom is 0.328 e. The molecule has 0 aromatic heterocycles. The number of likely N-dealkylation sites (N-methyl/N-ethyl adjacent to an activating group) is 1. The monoisotopic (exact) mass is 403 g/mol. The Labute approximate surface area is 161 Å². The molecule has 0 heterocycles. The van der Waals surface area contributed by atoms with Gasteiger partial charge in [-0.2, -0.15) is 0 Å². The molecule has 0 unspecified atom stereocenters. The van der Waals surface area contributed by atoms with Crippen molar-refractivity contribution in [3.63, 3.8) is 0 Å². The van der Waals surface area contributed by atoms with Crippen molar-refractivity contribution in [2.75, 3.05) is 32.6 Å². The van der Waals surface area contributed by atoms with Gasteiger partial charge in [-0.25, -0.2) is 18.0 Å². The van der Waals surface area contributed by atoms with Crippen molar-refractivity contribution >= 4 is 23.5 Å². The van der Waals surface area contributed by atoms with Crippen molar-refractivity contribution in [1.29, 1.82) is 0 Å². The van der Waals surface area contributed by atoms with Crippen molar-refractivity contribution in [3.05, 3.63) is 29.6 Å². The first-order valence-electron chi connectivity index (χ1n) is 8.54. The van der Waals surface area contributed by atoms with Gasteiger partial charge in [-0.3, -0.25) is 14.5 Å². The van der Waals surface area contributed by atoms with E-state index in [-0.39, 0.29) is 19.0 Å². The van der Waals surface area contributed by atoms with Gasteiger partial charge in [0.25, 0.3) is 0 Å². The molecule has 0 spiro atoms. The van der Waals surface area contributed by atoms with E-state index in [0.717, 1.165) is 6.07 Å². The Morgan fingerprint density at radius 1 is 1.07 bits per heavy atom. The number of hydrogen-bond acceptors (Lipinski definition) is 5. The molecule has 7 nitrogen and oxygen atoms in total. The summed E-state index contributed by atoms with van der Waals surface area (Å²) in [6.07, 6.45) is 0.387. The molecule has 0 saturated carbocycles. The number of methoxy groups -OCH3 is 1. The van der Waals surface area contributed by atoms with Crippen LogP contribution in [0.15, 0.2) is 12.1 Å². The van der Waals surface area contributed by atoms with Crippen LogP contribution < -0.4 is 10.6 Å². The molecule has 0 aliphatic heterocycles. The highest BCUT2D eigenvalue weighted by Gasteiger charge is 2.23. The number of nitrogens with zero attached hydrogens (tertiary/aromatic N) is 1. The van der Waals surface area contributed by atoms with Crippen LogP contribution in [0.1, 0.15) is 20.3 Å². The van der Waals surface area contributed by atoms with E-state index >= 15 is 0 Å². The third kappa shape index (κ3) is 7.18. The molecule has 1 rings (SSSR count). The standard InChI is InChI=1S/C18H24F3N3O4/c1-10(2)7-13(18(27)28-4)23-15(26)9-24(3)8-14(25)22-12-6-5-11(19)16(20)17(12)21/h5-6,10,13H,7-9H2,1-4H3,(H,22,25)(H,23,26)/t13-/m0/s1. The molecule has 1 aromatic carbocycles. The van der Waals surface area contributed by atoms with Crippen LogP contribution in [0.3, 0.4) is 0 Å². The first-order chi connectivity index (χ1) is 13.0. The van der Waals surface area contributed by atoms with E-state index in [4.69, 9.17) is 0 Å². The Bertz CT molecular complexity index is 728. The van der Waals surface area contributed by atoms with Gasteiger partial charge in [0, 0.05) is 0 Å². The van der Waals surface area contributed by atoms with E-state index in [1.807, 2.05) is 13.8 Å². The lowest BCUT2D eigenvalue weighted by Crippen LogP contribution is -2.46. The Balaban J connectivity index is 2.59. The smallest absolute Gasteiger partial charge is 0.328 e. The van der Waals surface area contributed by atoms with Gasteiger partial charge in [0.1, 0.15) is 6.04 Å². The molecule has 0 saturated heterocycles. The number of halogens is 3. The zero-order valence-corrected chi connectivity index (χ0v) is 16.1. The van der Waals surface area contributed by atoms with Crippen LogP contribution in [0.5, 0.6) is 0 Å². The highest BCUT2D eigenvalue weighted by atomic mass is 19.2. The van der Waals surface area contributed by atoms with E-state index in [1.54, 1.807) is 0 Å². The van der Waals surface area contributed by atoms with Crippen molar-refractivity contribution in [2.45, 2.75) is 26.3 Å². The van der Waals surface area contributed by atoms with E-state index in [2.05, 4.69) is 15.4 Å². The summed E-state index contributed by atoms with van der Waals surface area (Å²) in [5, 5.41) is 4.65. The minimum absolute atomic E-state index is 0.138. The van der Waals surface area contributed by atoms with Crippen molar-refractivity contribution in [2.24, 2.45) is 5.92 Å². The van der Waals surface area contributed by atoms with Crippen LogP contribution in [0.4, 0.5) is 18.9 Å². The van der Waals surface area contributed by atoms with Crippen LogP contribution in [-0.4, -0.2) is 56.0 Å². The second-order valence-corrected chi connectivity index (χ2v) is 6.72. The number of hydrogen-bond donors (Lipinski definition) is 2. The summed E-state index contributed by atoms with van der Waals surface area (Å²) >= 11 is 0. The lowest BCUT2D eigenvalue weighted by Gasteiger charge is -2.21. The molecule has 0 bridgehead atoms. The number of carbonyl (C=O) groups is 3. The first-order valence-corrected chi connectivity index (χ1v) is 8.54. The maximum atomic E-state index is 13.6. The van der Waals surface area contributed by atoms with E-state index in [9.17, 15) is 27.6 Å². The minimum Gasteiger partial charge on any atom is -0.467 e. The number of benzene rings is 1. The van der Waals surface area contributed by atoms with E-state index in [1.165, 1.54) is 19.1 Å². The van der Waals surface area contributed by atoms with Crippen LogP contribution in [0.25, 0.3) is 0 Å². The number of amides is 2. The highest BCUT2D eigenvalue weighted by molar-refractivity contribution is 5.93. The number of esters is 1. The molecule has 1 aromatic rings. The predicted octanol–water partition coefficient (Wildman–Crippen LogP) is 1.68. The van der Waals surface area contributed by atoms with Crippen molar-refractivity contribution in [3.8, 4) is 0 Å². The molecule has 10 heteroatoms. The molecule has 0 radical (unpaired) electrons. The molecule has 0 aliphatic carbocycles. The second kappa shape index (κ2) is 10.6. The predicted molar refractivity (Wildman–Crippen MR) is 95.8 cm³/mol. The quantitative estimate of drug-likeness (QED) is 0.484. The van der Waals surface area contributed by atoms with Gasteiger partial charge in [-0.1, -0.05) is 13.8 Å². The third-order valence-corrected chi connectivity index (χ3v) is 3.66. The van der Waals surface area contributed by atoms with Gasteiger partial charge in [0.2, 0.25) is 11.8 Å². The highest BCUT2D eigenvalue weighted by Crippen LogP contribution is 2.19. The van der Waals surface area contributed by atoms with Gasteiger partial charge in [-0.15, -0.1) is 0 Å². The molecule has 28 heavy (non-hydrogen) atoms. The number of carbonyl (C=O) groups excluding carboxylic acids is 3. The van der Waals surface area contributed by atoms with Crippen molar-refractivity contribution in [1.82, 2.24) is 10.2 Å². The number of anilines is 1. The first kappa shape index (κ1) is 23.4. The van der Waals surface area contributed by atoms with E-state index < -0.39 is 47.0 Å². The summed E-state index contributed by atoms with van der Waals surface area (Å²) in [6, 6.07) is 0.772. The molecular formula is C18H24F3N3O4. The summed E-state index contributed by atoms with van der Waals surface area (Å²) < 4.78 is 44.3. The third-order valence-electron chi connectivity index (χ3n) is 3.66. The average Bonchev–Trinajstić information content (AvgIpc) is 2.60. The van der Waals surface area contributed by atoms with Crippen LogP contribution in [0, 0.1) is 23.4 Å². The van der Waals surface area contributed by atoms with Crippen molar-refractivity contribution < 1.29 is 32.3 Å². The largest absolute Gasteiger partial charge is 0.467 e. The summed E-state index contributed by atoms with van der Waals surface area (Å²) in [4.78, 5) is 37.1. The molecule has 0 fully saturated rings. The molecule has 1 atom stereocenters. The zero-order valence-electron chi connectivity index (χ0n) is 16.1. The van der Waals surface area contributed by atoms with E-state index in [0.29, 0.717) is 12.5 Å². The summed E-state index contributed by atoms with van der Waals surface area (Å²) in [7, 11) is 2.67. The lowest BCUT2D eigenvalue weighted by molar-refractivity contribution is -0.145. The number of nitrogens with one attached hydrogen (secondary N) is 2. The Kier molecular flexibility index (Phi) is 8.90. The number of rotatable bonds is 9. The SMILES string of the molecule is COC(=O)[C@H](CC(C)C)NC(=O)CN(C)CC(=O)Nc1ccc(F)c(F)c1F. The molecule has 0 aliphatic rings. The normalized spacial score (nSPS) is 12.0. The summed E-state index contributed by atoms with van der Waals surface area (Å²) in [6.45, 7) is 3.23. The fraction of sp³-hybridized carbons (Fsp3) is 0.500. The molecule has 2 N–H and O–H groups in total. The average molecular weight is 403 g/mol. The minimum atomic E-state index is -1.69. The fourth-order valence-corrected chi connectivity index (χ4v) is 2.43. The Hall–Kier alpha value is -2.62. The Morgan fingerprint density at radius 3 is 2.25 bits per heavy atom. The lowest BCUT2D eigenvalue weighted by atomic mass is 10.0. The second-order valence-electron chi connectivity index (χ2n) is 6.72. The number of ether oxygens (including phenoxy) is 1. The zero-order chi connectivity index (χ0) is 21.4. The maximum absolute atomic E-state index is 13.6. The summed E-state index contributed by atoms with van der Waals surface area (Å²) in [5.74, 6) is -6.24. The fourth-order valence-electron chi connectivity index (χ4n) is 2.43. The molecule has 156 valence electrons.